The molecular weight excluding hydrogens is 264 g/mol. The fraction of sp³-hybridized carbons (Fsp3) is 0.750. The molecule has 0 radical (unpaired) electrons. The van der Waals surface area contributed by atoms with E-state index in [1.54, 1.807) is 0 Å². The number of carbonyl (C=O) groups is 1. The number of hydrogen-bond acceptors (Lipinski definition) is 3. The van der Waals surface area contributed by atoms with Crippen molar-refractivity contribution in [2.75, 3.05) is 20.1 Å². The lowest BCUT2D eigenvalue weighted by Crippen LogP contribution is -2.37. The van der Waals surface area contributed by atoms with Gasteiger partial charge >= 0.3 is 0 Å². The standard InChI is InChI=1S/C16H28N4O/c1-3-15-17-9-12-20(15)13-10-18-16(21)8-7-14-6-4-5-11-19(14)2/h9,12,14H,3-8,10-11,13H2,1-2H3,(H,18,21). The lowest BCUT2D eigenvalue weighted by molar-refractivity contribution is -0.121. The van der Waals surface area contributed by atoms with Gasteiger partial charge in [0, 0.05) is 44.4 Å². The minimum absolute atomic E-state index is 0.173. The second-order valence-corrected chi connectivity index (χ2v) is 5.91. The number of hydrogen-bond donors (Lipinski definition) is 1. The third-order valence-corrected chi connectivity index (χ3v) is 4.42. The van der Waals surface area contributed by atoms with Crippen LogP contribution >= 0.6 is 0 Å². The Balaban J connectivity index is 1.63. The molecule has 0 aromatic carbocycles. The molecule has 2 heterocycles. The van der Waals surface area contributed by atoms with Crippen LogP contribution in [0.25, 0.3) is 0 Å². The van der Waals surface area contributed by atoms with E-state index in [-0.39, 0.29) is 5.91 Å². The number of amides is 1. The molecule has 1 aromatic heterocycles. The normalized spacial score (nSPS) is 19.6. The van der Waals surface area contributed by atoms with Crippen molar-refractivity contribution < 1.29 is 4.79 Å². The van der Waals surface area contributed by atoms with Crippen molar-refractivity contribution in [2.24, 2.45) is 0 Å². The minimum atomic E-state index is 0.173. The quantitative estimate of drug-likeness (QED) is 0.834. The Morgan fingerprint density at radius 1 is 1.48 bits per heavy atom. The maximum Gasteiger partial charge on any atom is 0.220 e. The highest BCUT2D eigenvalue weighted by atomic mass is 16.1. The SMILES string of the molecule is CCc1nccn1CCNC(=O)CCC1CCCCN1C. The van der Waals surface area contributed by atoms with Crippen LogP contribution in [0, 0.1) is 0 Å². The van der Waals surface area contributed by atoms with Gasteiger partial charge in [-0.25, -0.2) is 4.98 Å². The van der Waals surface area contributed by atoms with Crippen molar-refractivity contribution in [2.45, 2.75) is 58.0 Å². The van der Waals surface area contributed by atoms with Crippen molar-refractivity contribution in [3.8, 4) is 0 Å². The molecule has 118 valence electrons. The van der Waals surface area contributed by atoms with Gasteiger partial charge in [0.25, 0.3) is 0 Å². The predicted molar refractivity (Wildman–Crippen MR) is 84.1 cm³/mol. The summed E-state index contributed by atoms with van der Waals surface area (Å²) in [5.74, 6) is 1.25. The number of imidazole rings is 1. The molecule has 1 fully saturated rings. The van der Waals surface area contributed by atoms with E-state index in [1.807, 2.05) is 12.4 Å². The van der Waals surface area contributed by atoms with E-state index >= 15 is 0 Å². The predicted octanol–water partition coefficient (Wildman–Crippen LogP) is 1.83. The Kier molecular flexibility index (Phi) is 6.23. The van der Waals surface area contributed by atoms with Crippen molar-refractivity contribution in [1.82, 2.24) is 19.8 Å². The Labute approximate surface area is 127 Å². The Morgan fingerprint density at radius 2 is 2.33 bits per heavy atom. The summed E-state index contributed by atoms with van der Waals surface area (Å²) in [6, 6.07) is 0.588. The summed E-state index contributed by atoms with van der Waals surface area (Å²) in [4.78, 5) is 18.6. The number of rotatable bonds is 7. The zero-order valence-electron chi connectivity index (χ0n) is 13.3. The van der Waals surface area contributed by atoms with E-state index in [0.29, 0.717) is 19.0 Å². The van der Waals surface area contributed by atoms with E-state index in [0.717, 1.165) is 25.2 Å². The molecule has 5 heteroatoms. The summed E-state index contributed by atoms with van der Waals surface area (Å²) in [6.45, 7) is 4.76. The first-order chi connectivity index (χ1) is 10.2. The van der Waals surface area contributed by atoms with Crippen LogP contribution in [0.15, 0.2) is 12.4 Å². The smallest absolute Gasteiger partial charge is 0.220 e. The van der Waals surface area contributed by atoms with E-state index in [2.05, 4.69) is 33.7 Å². The largest absolute Gasteiger partial charge is 0.354 e. The first-order valence-electron chi connectivity index (χ1n) is 8.17. The highest BCUT2D eigenvalue weighted by Gasteiger charge is 2.19. The summed E-state index contributed by atoms with van der Waals surface area (Å²) in [6.07, 6.45) is 10.2. The molecule has 21 heavy (non-hydrogen) atoms. The first kappa shape index (κ1) is 16.0. The van der Waals surface area contributed by atoms with Crippen LogP contribution < -0.4 is 5.32 Å². The molecule has 1 N–H and O–H groups in total. The molecular formula is C16H28N4O. The van der Waals surface area contributed by atoms with Gasteiger partial charge in [-0.15, -0.1) is 0 Å². The van der Waals surface area contributed by atoms with Crippen LogP contribution in [-0.2, 0) is 17.8 Å². The van der Waals surface area contributed by atoms with E-state index in [4.69, 9.17) is 0 Å². The zero-order valence-corrected chi connectivity index (χ0v) is 13.3. The minimum Gasteiger partial charge on any atom is -0.354 e. The number of nitrogens with zero attached hydrogens (tertiary/aromatic N) is 3. The third kappa shape index (κ3) is 4.84. The van der Waals surface area contributed by atoms with Gasteiger partial charge in [-0.2, -0.15) is 0 Å². The van der Waals surface area contributed by atoms with E-state index < -0.39 is 0 Å². The van der Waals surface area contributed by atoms with Crippen LogP contribution in [0.2, 0.25) is 0 Å². The van der Waals surface area contributed by atoms with Crippen LogP contribution in [0.5, 0.6) is 0 Å². The van der Waals surface area contributed by atoms with Gasteiger partial charge < -0.3 is 14.8 Å². The Hall–Kier alpha value is -1.36. The molecule has 0 bridgehead atoms. The highest BCUT2D eigenvalue weighted by molar-refractivity contribution is 5.75. The molecule has 1 aromatic rings. The van der Waals surface area contributed by atoms with E-state index in [1.165, 1.54) is 25.8 Å². The van der Waals surface area contributed by atoms with Gasteiger partial charge in [-0.05, 0) is 32.9 Å². The molecule has 1 saturated heterocycles. The molecule has 1 aliphatic rings. The van der Waals surface area contributed by atoms with Gasteiger partial charge in [-0.1, -0.05) is 13.3 Å². The maximum atomic E-state index is 11.9. The second-order valence-electron chi connectivity index (χ2n) is 5.91. The monoisotopic (exact) mass is 292 g/mol. The van der Waals surface area contributed by atoms with Crippen LogP contribution in [0.3, 0.4) is 0 Å². The molecule has 1 amide bonds. The molecule has 0 aliphatic carbocycles. The average Bonchev–Trinajstić information content (AvgIpc) is 2.94. The second kappa shape index (κ2) is 8.17. The Morgan fingerprint density at radius 3 is 3.10 bits per heavy atom. The van der Waals surface area contributed by atoms with Gasteiger partial charge in [-0.3, -0.25) is 4.79 Å². The molecule has 5 nitrogen and oxygen atoms in total. The van der Waals surface area contributed by atoms with E-state index in [9.17, 15) is 4.79 Å². The van der Waals surface area contributed by atoms with Crippen LogP contribution in [0.1, 0.15) is 44.9 Å². The molecule has 0 spiro atoms. The number of piperidine rings is 1. The number of carbonyl (C=O) groups excluding carboxylic acids is 1. The molecule has 1 atom stereocenters. The molecule has 1 unspecified atom stereocenters. The van der Waals surface area contributed by atoms with Gasteiger partial charge in [0.1, 0.15) is 5.82 Å². The summed E-state index contributed by atoms with van der Waals surface area (Å²) in [5, 5.41) is 3.02. The average molecular weight is 292 g/mol. The summed E-state index contributed by atoms with van der Waals surface area (Å²) >= 11 is 0. The maximum absolute atomic E-state index is 11.9. The number of aryl methyl sites for hydroxylation is 1. The third-order valence-electron chi connectivity index (χ3n) is 4.42. The highest BCUT2D eigenvalue weighted by Crippen LogP contribution is 2.18. The first-order valence-corrected chi connectivity index (χ1v) is 8.17. The number of aromatic nitrogens is 2. The zero-order chi connectivity index (χ0) is 15.1. The van der Waals surface area contributed by atoms with Crippen molar-refractivity contribution in [1.29, 1.82) is 0 Å². The fourth-order valence-corrected chi connectivity index (χ4v) is 3.07. The number of nitrogens with one attached hydrogen (secondary N) is 1. The van der Waals surface area contributed by atoms with Crippen molar-refractivity contribution in [3.63, 3.8) is 0 Å². The molecule has 1 aliphatic heterocycles. The van der Waals surface area contributed by atoms with Gasteiger partial charge in [0.05, 0.1) is 0 Å². The van der Waals surface area contributed by atoms with Crippen molar-refractivity contribution in [3.05, 3.63) is 18.2 Å². The van der Waals surface area contributed by atoms with Crippen LogP contribution in [-0.4, -0.2) is 46.5 Å². The summed E-state index contributed by atoms with van der Waals surface area (Å²) < 4.78 is 2.11. The lowest BCUT2D eigenvalue weighted by Gasteiger charge is -2.32. The fourth-order valence-electron chi connectivity index (χ4n) is 3.07. The number of likely N-dealkylation sites (tertiary alicyclic amines) is 1. The lowest BCUT2D eigenvalue weighted by atomic mass is 9.98. The van der Waals surface area contributed by atoms with Crippen LogP contribution in [0.4, 0.5) is 0 Å². The van der Waals surface area contributed by atoms with Gasteiger partial charge in [0.2, 0.25) is 5.91 Å². The summed E-state index contributed by atoms with van der Waals surface area (Å²) in [5.41, 5.74) is 0. The topological polar surface area (TPSA) is 50.2 Å². The molecule has 0 saturated carbocycles. The Bertz CT molecular complexity index is 443. The summed E-state index contributed by atoms with van der Waals surface area (Å²) in [7, 11) is 2.17. The van der Waals surface area contributed by atoms with Crippen molar-refractivity contribution >= 4 is 5.91 Å². The molecule has 2 rings (SSSR count). The van der Waals surface area contributed by atoms with Gasteiger partial charge in [0.15, 0.2) is 0 Å².